The van der Waals surface area contributed by atoms with Crippen LogP contribution in [0.25, 0.3) is 10.9 Å². The first-order valence-electron chi connectivity index (χ1n) is 9.42. The summed E-state index contributed by atoms with van der Waals surface area (Å²) in [4.78, 5) is 8.80. The quantitative estimate of drug-likeness (QED) is 0.439. The summed E-state index contributed by atoms with van der Waals surface area (Å²) in [6.45, 7) is 2.76. The van der Waals surface area contributed by atoms with Crippen molar-refractivity contribution in [3.63, 3.8) is 0 Å². The van der Waals surface area contributed by atoms with Crippen molar-refractivity contribution >= 4 is 22.4 Å². The molecule has 3 N–H and O–H groups in total. The highest BCUT2D eigenvalue weighted by atomic mass is 16.5. The molecule has 1 heterocycles. The number of rotatable bonds is 8. The second-order valence-electron chi connectivity index (χ2n) is 6.36. The molecule has 2 aromatic carbocycles. The molecule has 0 aliphatic heterocycles. The fraction of sp³-hybridized carbons (Fsp3) is 0.273. The van der Waals surface area contributed by atoms with Crippen LogP contribution in [0.5, 0.6) is 23.0 Å². The van der Waals surface area contributed by atoms with E-state index in [4.69, 9.17) is 19.9 Å². The second kappa shape index (κ2) is 9.14. The lowest BCUT2D eigenvalue weighted by molar-refractivity contribution is 0.355. The molecule has 3 aromatic rings. The zero-order valence-corrected chi connectivity index (χ0v) is 17.2. The average Bonchev–Trinajstić information content (AvgIpc) is 2.76. The Morgan fingerprint density at radius 1 is 1.07 bits per heavy atom. The van der Waals surface area contributed by atoms with Crippen LogP contribution in [-0.4, -0.2) is 38.6 Å². The van der Waals surface area contributed by atoms with E-state index in [-0.39, 0.29) is 0 Å². The summed E-state index contributed by atoms with van der Waals surface area (Å²) in [5.41, 5.74) is 8.57. The molecule has 0 saturated heterocycles. The third-order valence-electron chi connectivity index (χ3n) is 4.48. The smallest absolute Gasteiger partial charge is 0.162 e. The summed E-state index contributed by atoms with van der Waals surface area (Å²) in [5.74, 6) is 3.08. The Hall–Kier alpha value is -3.48. The zero-order chi connectivity index (χ0) is 20.8. The van der Waals surface area contributed by atoms with Crippen LogP contribution in [0.4, 0.5) is 5.69 Å². The molecule has 0 atom stereocenters. The number of ether oxygens (including phenoxy) is 3. The molecule has 0 spiro atoms. The van der Waals surface area contributed by atoms with Crippen LogP contribution in [0.1, 0.15) is 18.9 Å². The molecule has 29 heavy (non-hydrogen) atoms. The minimum absolute atomic E-state index is 0.508. The van der Waals surface area contributed by atoms with Gasteiger partial charge in [-0.1, -0.05) is 6.92 Å². The van der Waals surface area contributed by atoms with Gasteiger partial charge in [-0.15, -0.1) is 0 Å². The van der Waals surface area contributed by atoms with Crippen molar-refractivity contribution in [3.05, 3.63) is 48.2 Å². The maximum atomic E-state index is 6.17. The number of pyridine rings is 1. The fourth-order valence-corrected chi connectivity index (χ4v) is 3.00. The van der Waals surface area contributed by atoms with Gasteiger partial charge in [-0.3, -0.25) is 9.98 Å². The lowest BCUT2D eigenvalue weighted by Crippen LogP contribution is -2.16. The first-order chi connectivity index (χ1) is 14.1. The first-order valence-corrected chi connectivity index (χ1v) is 9.42. The second-order valence-corrected chi connectivity index (χ2v) is 6.36. The van der Waals surface area contributed by atoms with Crippen LogP contribution in [0.2, 0.25) is 0 Å². The van der Waals surface area contributed by atoms with Crippen LogP contribution in [0, 0.1) is 0 Å². The van der Waals surface area contributed by atoms with E-state index in [1.807, 2.05) is 43.4 Å². The lowest BCUT2D eigenvalue weighted by atomic mass is 10.1. The van der Waals surface area contributed by atoms with Gasteiger partial charge in [0.1, 0.15) is 17.3 Å². The van der Waals surface area contributed by atoms with E-state index in [1.165, 1.54) is 0 Å². The van der Waals surface area contributed by atoms with Crippen molar-refractivity contribution in [3.8, 4) is 23.0 Å². The number of nitrogens with zero attached hydrogens (tertiary/aromatic N) is 2. The Kier molecular flexibility index (Phi) is 6.39. The number of nitrogens with two attached hydrogens (primary N) is 1. The number of aliphatic imine (C=N–C) groups is 1. The number of benzene rings is 2. The summed E-state index contributed by atoms with van der Waals surface area (Å²) in [6, 6.07) is 11.2. The van der Waals surface area contributed by atoms with Crippen molar-refractivity contribution in [2.24, 2.45) is 10.7 Å². The highest BCUT2D eigenvalue weighted by Crippen LogP contribution is 2.37. The van der Waals surface area contributed by atoms with Crippen molar-refractivity contribution in [1.29, 1.82) is 0 Å². The summed E-state index contributed by atoms with van der Waals surface area (Å²) in [6.07, 6.45) is 2.65. The topological polar surface area (TPSA) is 91.0 Å². The van der Waals surface area contributed by atoms with Gasteiger partial charge in [-0.25, -0.2) is 0 Å². The molecular formula is C22H26N4O3. The first kappa shape index (κ1) is 20.3. The van der Waals surface area contributed by atoms with Gasteiger partial charge in [-0.2, -0.15) is 0 Å². The third-order valence-corrected chi connectivity index (χ3v) is 4.48. The van der Waals surface area contributed by atoms with Gasteiger partial charge in [0, 0.05) is 48.6 Å². The predicted octanol–water partition coefficient (Wildman–Crippen LogP) is 4.20. The monoisotopic (exact) mass is 394 g/mol. The molecular weight excluding hydrogens is 368 g/mol. The summed E-state index contributed by atoms with van der Waals surface area (Å²) in [5, 5.41) is 3.98. The lowest BCUT2D eigenvalue weighted by Gasteiger charge is -2.14. The molecule has 1 aromatic heterocycles. The molecule has 0 aliphatic rings. The summed E-state index contributed by atoms with van der Waals surface area (Å²) >= 11 is 0. The van der Waals surface area contributed by atoms with Gasteiger partial charge in [-0.05, 0) is 30.7 Å². The van der Waals surface area contributed by atoms with E-state index in [1.54, 1.807) is 20.4 Å². The molecule has 7 heteroatoms. The van der Waals surface area contributed by atoms with Gasteiger partial charge in [0.2, 0.25) is 0 Å². The minimum Gasteiger partial charge on any atom is -0.493 e. The van der Waals surface area contributed by atoms with Crippen LogP contribution in [-0.2, 0) is 0 Å². The van der Waals surface area contributed by atoms with E-state index < -0.39 is 0 Å². The molecule has 7 nitrogen and oxygen atoms in total. The third kappa shape index (κ3) is 4.34. The molecule has 0 amide bonds. The zero-order valence-electron chi connectivity index (χ0n) is 17.2. The van der Waals surface area contributed by atoms with E-state index in [2.05, 4.69) is 22.2 Å². The Labute approximate surface area is 170 Å². The minimum atomic E-state index is 0.508. The van der Waals surface area contributed by atoms with Crippen molar-refractivity contribution in [2.75, 3.05) is 33.1 Å². The molecule has 0 radical (unpaired) electrons. The standard InChI is InChI=1S/C22H26N4O3/c1-5-9-26-22(23)15-7-6-14(11-17(15)24-2)29-19-8-10-25-18-13-21(28-4)20(27-3)12-16(18)19/h6-8,10-13,24H,5,9H2,1-4H3,(H2,23,26). The highest BCUT2D eigenvalue weighted by molar-refractivity contribution is 6.02. The normalized spacial score (nSPS) is 11.4. The summed E-state index contributed by atoms with van der Waals surface area (Å²) in [7, 11) is 5.04. The van der Waals surface area contributed by atoms with E-state index in [0.29, 0.717) is 35.4 Å². The van der Waals surface area contributed by atoms with Gasteiger partial charge in [0.25, 0.3) is 0 Å². The number of anilines is 1. The number of methoxy groups -OCH3 is 2. The predicted molar refractivity (Wildman–Crippen MR) is 117 cm³/mol. The van der Waals surface area contributed by atoms with Crippen molar-refractivity contribution in [2.45, 2.75) is 13.3 Å². The number of hydrogen-bond donors (Lipinski definition) is 2. The van der Waals surface area contributed by atoms with Crippen LogP contribution in [0.3, 0.4) is 0 Å². The maximum absolute atomic E-state index is 6.17. The van der Waals surface area contributed by atoms with Crippen molar-refractivity contribution < 1.29 is 14.2 Å². The Morgan fingerprint density at radius 2 is 1.83 bits per heavy atom. The van der Waals surface area contributed by atoms with Gasteiger partial charge in [0.15, 0.2) is 11.5 Å². The molecule has 152 valence electrons. The summed E-state index contributed by atoms with van der Waals surface area (Å²) < 4.78 is 16.9. The van der Waals surface area contributed by atoms with Crippen LogP contribution < -0.4 is 25.3 Å². The van der Waals surface area contributed by atoms with Crippen molar-refractivity contribution in [1.82, 2.24) is 4.98 Å². The fourth-order valence-electron chi connectivity index (χ4n) is 3.00. The van der Waals surface area contributed by atoms with Gasteiger partial charge >= 0.3 is 0 Å². The number of aromatic nitrogens is 1. The van der Waals surface area contributed by atoms with Crippen LogP contribution in [0.15, 0.2) is 47.6 Å². The van der Waals surface area contributed by atoms with E-state index >= 15 is 0 Å². The number of fused-ring (bicyclic) bond motifs is 1. The number of hydrogen-bond acceptors (Lipinski definition) is 6. The largest absolute Gasteiger partial charge is 0.493 e. The Balaban J connectivity index is 1.98. The Bertz CT molecular complexity index is 1030. The highest BCUT2D eigenvalue weighted by Gasteiger charge is 2.13. The van der Waals surface area contributed by atoms with Gasteiger partial charge in [0.05, 0.1) is 19.7 Å². The molecule has 0 bridgehead atoms. The molecule has 0 aliphatic carbocycles. The average molecular weight is 394 g/mol. The molecule has 0 unspecified atom stereocenters. The van der Waals surface area contributed by atoms with E-state index in [0.717, 1.165) is 28.6 Å². The molecule has 0 saturated carbocycles. The van der Waals surface area contributed by atoms with E-state index in [9.17, 15) is 0 Å². The molecule has 3 rings (SSSR count). The number of nitrogens with one attached hydrogen (secondary N) is 1. The SMILES string of the molecule is CCCN=C(N)c1ccc(Oc2ccnc3cc(OC)c(OC)cc23)cc1NC. The molecule has 0 fully saturated rings. The van der Waals surface area contributed by atoms with Gasteiger partial charge < -0.3 is 25.3 Å². The maximum Gasteiger partial charge on any atom is 0.162 e. The Morgan fingerprint density at radius 3 is 2.52 bits per heavy atom. The number of amidine groups is 1. The van der Waals surface area contributed by atoms with Crippen LogP contribution >= 0.6 is 0 Å².